The molecule has 106 valence electrons. The van der Waals surface area contributed by atoms with Crippen LogP contribution in [0, 0.1) is 0 Å². The van der Waals surface area contributed by atoms with Crippen molar-refractivity contribution in [2.75, 3.05) is 13.1 Å². The molecule has 2 rings (SSSR count). The number of hydrogen-bond acceptors (Lipinski definition) is 2. The molecule has 0 aromatic heterocycles. The highest BCUT2D eigenvalue weighted by atomic mass is 16.5. The second-order valence-electron chi connectivity index (χ2n) is 6.30. The lowest BCUT2D eigenvalue weighted by molar-refractivity contribution is -0.0932. The summed E-state index contributed by atoms with van der Waals surface area (Å²) in [6.45, 7) is 4.45. The first kappa shape index (κ1) is 14.3. The van der Waals surface area contributed by atoms with Gasteiger partial charge in [0.2, 0.25) is 0 Å². The maximum Gasteiger partial charge on any atom is 0.0810 e. The summed E-state index contributed by atoms with van der Waals surface area (Å²) in [6.07, 6.45) is 15.2. The van der Waals surface area contributed by atoms with Gasteiger partial charge in [0.15, 0.2) is 0 Å². The molecule has 0 aliphatic heterocycles. The standard InChI is InChI=1S/C16H31NO/c1-2-13-17-14-16(11-7-8-12-16)18-15-9-5-3-4-6-10-15/h15,17H,2-14H2,1H3. The summed E-state index contributed by atoms with van der Waals surface area (Å²) in [5, 5.41) is 3.60. The van der Waals surface area contributed by atoms with Gasteiger partial charge in [-0.15, -0.1) is 0 Å². The molecule has 0 unspecified atom stereocenters. The molecule has 18 heavy (non-hydrogen) atoms. The number of nitrogens with one attached hydrogen (secondary N) is 1. The molecule has 0 radical (unpaired) electrons. The minimum absolute atomic E-state index is 0.185. The van der Waals surface area contributed by atoms with Gasteiger partial charge < -0.3 is 10.1 Å². The van der Waals surface area contributed by atoms with Crippen molar-refractivity contribution in [3.63, 3.8) is 0 Å². The SMILES string of the molecule is CCCNCC1(OC2CCCCCC2)CCCC1. The summed E-state index contributed by atoms with van der Waals surface area (Å²) in [7, 11) is 0. The highest BCUT2D eigenvalue weighted by Crippen LogP contribution is 2.36. The molecule has 0 amide bonds. The van der Waals surface area contributed by atoms with Gasteiger partial charge >= 0.3 is 0 Å². The third-order valence-corrected chi connectivity index (χ3v) is 4.61. The third-order valence-electron chi connectivity index (χ3n) is 4.61. The van der Waals surface area contributed by atoms with Gasteiger partial charge in [0.1, 0.15) is 0 Å². The fourth-order valence-electron chi connectivity index (χ4n) is 3.56. The van der Waals surface area contributed by atoms with E-state index in [0.29, 0.717) is 6.10 Å². The molecule has 0 aromatic rings. The van der Waals surface area contributed by atoms with Crippen LogP contribution in [0.1, 0.15) is 77.6 Å². The van der Waals surface area contributed by atoms with Crippen molar-refractivity contribution in [1.82, 2.24) is 5.32 Å². The van der Waals surface area contributed by atoms with Gasteiger partial charge in [-0.3, -0.25) is 0 Å². The smallest absolute Gasteiger partial charge is 0.0810 e. The van der Waals surface area contributed by atoms with E-state index in [1.54, 1.807) is 0 Å². The summed E-state index contributed by atoms with van der Waals surface area (Å²) in [5.41, 5.74) is 0.185. The molecule has 1 N–H and O–H groups in total. The molecule has 2 aliphatic rings. The van der Waals surface area contributed by atoms with Gasteiger partial charge in [-0.25, -0.2) is 0 Å². The Bertz CT molecular complexity index is 215. The van der Waals surface area contributed by atoms with E-state index in [0.717, 1.165) is 13.1 Å². The van der Waals surface area contributed by atoms with E-state index in [1.165, 1.54) is 70.6 Å². The summed E-state index contributed by atoms with van der Waals surface area (Å²) < 4.78 is 6.60. The molecule has 2 fully saturated rings. The molecule has 2 aliphatic carbocycles. The van der Waals surface area contributed by atoms with Crippen LogP contribution < -0.4 is 5.32 Å². The first-order chi connectivity index (χ1) is 8.85. The average Bonchev–Trinajstić information content (AvgIpc) is 2.67. The monoisotopic (exact) mass is 253 g/mol. The van der Waals surface area contributed by atoms with Crippen LogP contribution in [0.25, 0.3) is 0 Å². The summed E-state index contributed by atoms with van der Waals surface area (Å²) in [5.74, 6) is 0. The quantitative estimate of drug-likeness (QED) is 0.570. The van der Waals surface area contributed by atoms with E-state index < -0.39 is 0 Å². The van der Waals surface area contributed by atoms with Crippen LogP contribution in [0.2, 0.25) is 0 Å². The molecule has 0 spiro atoms. The zero-order valence-corrected chi connectivity index (χ0v) is 12.2. The Morgan fingerprint density at radius 3 is 2.28 bits per heavy atom. The van der Waals surface area contributed by atoms with E-state index in [-0.39, 0.29) is 5.60 Å². The fourth-order valence-corrected chi connectivity index (χ4v) is 3.56. The zero-order valence-electron chi connectivity index (χ0n) is 12.2. The molecule has 0 saturated heterocycles. The number of ether oxygens (including phenoxy) is 1. The van der Waals surface area contributed by atoms with Crippen LogP contribution in [0.3, 0.4) is 0 Å². The van der Waals surface area contributed by atoms with Gasteiger partial charge in [-0.05, 0) is 38.6 Å². The van der Waals surface area contributed by atoms with Crippen molar-refractivity contribution in [2.24, 2.45) is 0 Å². The van der Waals surface area contributed by atoms with Crippen LogP contribution in [0.15, 0.2) is 0 Å². The molecular formula is C16H31NO. The lowest BCUT2D eigenvalue weighted by atomic mass is 10.0. The molecule has 2 saturated carbocycles. The van der Waals surface area contributed by atoms with Crippen molar-refractivity contribution in [2.45, 2.75) is 89.3 Å². The maximum absolute atomic E-state index is 6.60. The lowest BCUT2D eigenvalue weighted by Crippen LogP contribution is -2.43. The Morgan fingerprint density at radius 2 is 1.67 bits per heavy atom. The van der Waals surface area contributed by atoms with Crippen LogP contribution in [0.5, 0.6) is 0 Å². The third kappa shape index (κ3) is 4.24. The first-order valence-corrected chi connectivity index (χ1v) is 8.23. The summed E-state index contributed by atoms with van der Waals surface area (Å²) in [4.78, 5) is 0. The van der Waals surface area contributed by atoms with E-state index in [4.69, 9.17) is 4.74 Å². The Morgan fingerprint density at radius 1 is 1.00 bits per heavy atom. The maximum atomic E-state index is 6.60. The Hall–Kier alpha value is -0.0800. The average molecular weight is 253 g/mol. The Labute approximate surface area is 113 Å². The minimum Gasteiger partial charge on any atom is -0.370 e. The Balaban J connectivity index is 1.83. The van der Waals surface area contributed by atoms with E-state index >= 15 is 0 Å². The van der Waals surface area contributed by atoms with Crippen molar-refractivity contribution in [1.29, 1.82) is 0 Å². The van der Waals surface area contributed by atoms with Gasteiger partial charge in [0, 0.05) is 6.54 Å². The van der Waals surface area contributed by atoms with Crippen molar-refractivity contribution in [3.05, 3.63) is 0 Å². The zero-order chi connectivity index (χ0) is 12.7. The minimum atomic E-state index is 0.185. The lowest BCUT2D eigenvalue weighted by Gasteiger charge is -2.34. The van der Waals surface area contributed by atoms with Gasteiger partial charge in [0.25, 0.3) is 0 Å². The molecule has 0 heterocycles. The van der Waals surface area contributed by atoms with Crippen LogP contribution in [-0.4, -0.2) is 24.8 Å². The van der Waals surface area contributed by atoms with Crippen LogP contribution >= 0.6 is 0 Å². The van der Waals surface area contributed by atoms with Gasteiger partial charge in [-0.2, -0.15) is 0 Å². The van der Waals surface area contributed by atoms with E-state index in [2.05, 4.69) is 12.2 Å². The fraction of sp³-hybridized carbons (Fsp3) is 1.00. The highest BCUT2D eigenvalue weighted by molar-refractivity contribution is 4.90. The van der Waals surface area contributed by atoms with Crippen LogP contribution in [-0.2, 0) is 4.74 Å². The second kappa shape index (κ2) is 7.49. The van der Waals surface area contributed by atoms with E-state index in [9.17, 15) is 0 Å². The summed E-state index contributed by atoms with van der Waals surface area (Å²) >= 11 is 0. The Kier molecular flexibility index (Phi) is 5.97. The molecule has 0 atom stereocenters. The number of hydrogen-bond donors (Lipinski definition) is 1. The molecule has 2 heteroatoms. The van der Waals surface area contributed by atoms with Crippen molar-refractivity contribution < 1.29 is 4.74 Å². The molecule has 2 nitrogen and oxygen atoms in total. The summed E-state index contributed by atoms with van der Waals surface area (Å²) in [6, 6.07) is 0. The second-order valence-corrected chi connectivity index (χ2v) is 6.30. The largest absolute Gasteiger partial charge is 0.370 e. The van der Waals surface area contributed by atoms with Crippen molar-refractivity contribution >= 4 is 0 Å². The van der Waals surface area contributed by atoms with Crippen LogP contribution in [0.4, 0.5) is 0 Å². The molecular weight excluding hydrogens is 222 g/mol. The van der Waals surface area contributed by atoms with Gasteiger partial charge in [-0.1, -0.05) is 45.4 Å². The topological polar surface area (TPSA) is 21.3 Å². The molecule has 0 bridgehead atoms. The first-order valence-electron chi connectivity index (χ1n) is 8.23. The molecule has 0 aromatic carbocycles. The predicted octanol–water partition coefficient (Wildman–Crippen LogP) is 4.04. The van der Waals surface area contributed by atoms with Gasteiger partial charge in [0.05, 0.1) is 11.7 Å². The normalized spacial score (nSPS) is 25.2. The van der Waals surface area contributed by atoms with Crippen molar-refractivity contribution in [3.8, 4) is 0 Å². The van der Waals surface area contributed by atoms with E-state index in [1.807, 2.05) is 0 Å². The highest BCUT2D eigenvalue weighted by Gasteiger charge is 2.36. The predicted molar refractivity (Wildman–Crippen MR) is 76.9 cm³/mol. The number of rotatable bonds is 6.